The van der Waals surface area contributed by atoms with E-state index in [4.69, 9.17) is 17.3 Å². The number of hydrogen-bond donors (Lipinski definition) is 1. The van der Waals surface area contributed by atoms with Gasteiger partial charge in [0.25, 0.3) is 0 Å². The molecule has 2 aromatic carbocycles. The van der Waals surface area contributed by atoms with Crippen molar-refractivity contribution >= 4 is 23.0 Å². The lowest BCUT2D eigenvalue weighted by Gasteiger charge is -2.14. The second-order valence-corrected chi connectivity index (χ2v) is 5.64. The van der Waals surface area contributed by atoms with Crippen LogP contribution in [0.1, 0.15) is 23.1 Å². The summed E-state index contributed by atoms with van der Waals surface area (Å²) in [5.41, 5.74) is 8.89. The van der Waals surface area contributed by atoms with Crippen LogP contribution in [0.5, 0.6) is 0 Å². The van der Waals surface area contributed by atoms with E-state index >= 15 is 0 Å². The molecule has 6 heteroatoms. The van der Waals surface area contributed by atoms with E-state index in [9.17, 15) is 15.4 Å². The summed E-state index contributed by atoms with van der Waals surface area (Å²) in [6.45, 7) is 0. The molecule has 0 aliphatic heterocycles. The number of nitrogens with zero attached hydrogens (tertiary/aromatic N) is 2. The predicted octanol–water partition coefficient (Wildman–Crippen LogP) is 3.86. The van der Waals surface area contributed by atoms with Gasteiger partial charge in [-0.3, -0.25) is 10.1 Å². The number of rotatable bonds is 2. The fourth-order valence-corrected chi connectivity index (χ4v) is 3.22. The Morgan fingerprint density at radius 1 is 1.23 bits per heavy atom. The standard InChI is InChI=1S/C16H12ClN3O2/c17-10-6-4-9(5-7-10)14-12-3-1-2-11(12)13(8-18)15(19)16(14)20(21)22/h4-7H,1-3,19H2. The molecule has 0 spiro atoms. The number of anilines is 1. The van der Waals surface area contributed by atoms with Crippen molar-refractivity contribution in [2.45, 2.75) is 19.3 Å². The molecule has 110 valence electrons. The van der Waals surface area contributed by atoms with Gasteiger partial charge in [0.2, 0.25) is 0 Å². The van der Waals surface area contributed by atoms with Gasteiger partial charge in [-0.2, -0.15) is 5.26 Å². The maximum absolute atomic E-state index is 11.5. The zero-order valence-electron chi connectivity index (χ0n) is 11.6. The number of nitrogens with two attached hydrogens (primary N) is 1. The van der Waals surface area contributed by atoms with Crippen LogP contribution in [0.2, 0.25) is 5.02 Å². The smallest absolute Gasteiger partial charge is 0.301 e. The van der Waals surface area contributed by atoms with Gasteiger partial charge in [-0.15, -0.1) is 0 Å². The number of hydrogen-bond acceptors (Lipinski definition) is 4. The summed E-state index contributed by atoms with van der Waals surface area (Å²) < 4.78 is 0. The molecule has 0 fully saturated rings. The van der Waals surface area contributed by atoms with E-state index in [1.54, 1.807) is 24.3 Å². The zero-order valence-corrected chi connectivity index (χ0v) is 12.4. The summed E-state index contributed by atoms with van der Waals surface area (Å²) in [7, 11) is 0. The number of fused-ring (bicyclic) bond motifs is 1. The van der Waals surface area contributed by atoms with E-state index in [1.165, 1.54) is 0 Å². The molecule has 0 heterocycles. The van der Waals surface area contributed by atoms with Gasteiger partial charge in [0.1, 0.15) is 11.8 Å². The van der Waals surface area contributed by atoms with Gasteiger partial charge in [0, 0.05) is 5.02 Å². The first-order chi connectivity index (χ1) is 10.5. The Balaban J connectivity index is 2.41. The van der Waals surface area contributed by atoms with E-state index < -0.39 is 4.92 Å². The molecule has 0 atom stereocenters. The molecule has 0 unspecified atom stereocenters. The highest BCUT2D eigenvalue weighted by molar-refractivity contribution is 6.30. The topological polar surface area (TPSA) is 93.0 Å². The number of nitro benzene ring substituents is 1. The molecule has 1 aliphatic carbocycles. The first-order valence-electron chi connectivity index (χ1n) is 6.82. The van der Waals surface area contributed by atoms with Crippen molar-refractivity contribution in [2.24, 2.45) is 0 Å². The minimum Gasteiger partial charge on any atom is -0.392 e. The minimum atomic E-state index is -0.501. The fourth-order valence-electron chi connectivity index (χ4n) is 3.10. The van der Waals surface area contributed by atoms with Crippen molar-refractivity contribution in [1.82, 2.24) is 0 Å². The average molecular weight is 314 g/mol. The summed E-state index contributed by atoms with van der Waals surface area (Å²) in [5.74, 6) is 0. The molecule has 0 amide bonds. The van der Waals surface area contributed by atoms with Gasteiger partial charge in [-0.05, 0) is 48.1 Å². The summed E-state index contributed by atoms with van der Waals surface area (Å²) in [5, 5.41) is 21.4. The van der Waals surface area contributed by atoms with Gasteiger partial charge < -0.3 is 5.73 Å². The van der Waals surface area contributed by atoms with E-state index in [-0.39, 0.29) is 16.9 Å². The van der Waals surface area contributed by atoms with Crippen LogP contribution in [0.3, 0.4) is 0 Å². The molecule has 22 heavy (non-hydrogen) atoms. The summed E-state index contributed by atoms with van der Waals surface area (Å²) in [4.78, 5) is 11.0. The fraction of sp³-hybridized carbons (Fsp3) is 0.188. The van der Waals surface area contributed by atoms with E-state index in [0.717, 1.165) is 24.0 Å². The molecule has 1 aliphatic rings. The van der Waals surface area contributed by atoms with Crippen LogP contribution < -0.4 is 5.73 Å². The molecular formula is C16H12ClN3O2. The minimum absolute atomic E-state index is 0.0434. The van der Waals surface area contributed by atoms with Crippen LogP contribution in [0.4, 0.5) is 11.4 Å². The first-order valence-corrected chi connectivity index (χ1v) is 7.20. The van der Waals surface area contributed by atoms with Crippen molar-refractivity contribution in [1.29, 1.82) is 5.26 Å². The largest absolute Gasteiger partial charge is 0.392 e. The van der Waals surface area contributed by atoms with Crippen LogP contribution in [-0.4, -0.2) is 4.92 Å². The van der Waals surface area contributed by atoms with Gasteiger partial charge >= 0.3 is 5.69 Å². The number of nitrogen functional groups attached to an aromatic ring is 1. The van der Waals surface area contributed by atoms with Gasteiger partial charge in [0.15, 0.2) is 0 Å². The zero-order chi connectivity index (χ0) is 15.9. The van der Waals surface area contributed by atoms with E-state index in [2.05, 4.69) is 0 Å². The molecule has 3 rings (SSSR count). The maximum atomic E-state index is 11.5. The van der Waals surface area contributed by atoms with Crippen molar-refractivity contribution in [3.05, 3.63) is 56.1 Å². The lowest BCUT2D eigenvalue weighted by Crippen LogP contribution is -2.06. The van der Waals surface area contributed by atoms with Crippen LogP contribution >= 0.6 is 11.6 Å². The maximum Gasteiger partial charge on any atom is 0.301 e. The summed E-state index contributed by atoms with van der Waals surface area (Å²) in [6.07, 6.45) is 2.30. The number of halogens is 1. The number of nitriles is 1. The first kappa shape index (κ1) is 14.4. The highest BCUT2D eigenvalue weighted by Crippen LogP contribution is 2.45. The normalized spacial score (nSPS) is 12.7. The highest BCUT2D eigenvalue weighted by Gasteiger charge is 2.32. The van der Waals surface area contributed by atoms with Crippen LogP contribution in [0.15, 0.2) is 24.3 Å². The second-order valence-electron chi connectivity index (χ2n) is 5.20. The Hall–Kier alpha value is -2.58. The molecule has 5 nitrogen and oxygen atoms in total. The second kappa shape index (κ2) is 5.32. The third-order valence-corrected chi connectivity index (χ3v) is 4.26. The van der Waals surface area contributed by atoms with Crippen molar-refractivity contribution in [3.8, 4) is 17.2 Å². The van der Waals surface area contributed by atoms with Crippen LogP contribution in [0, 0.1) is 21.4 Å². The Morgan fingerprint density at radius 2 is 1.86 bits per heavy atom. The third-order valence-electron chi connectivity index (χ3n) is 4.01. The Kier molecular flexibility index (Phi) is 3.47. The molecule has 0 bridgehead atoms. The predicted molar refractivity (Wildman–Crippen MR) is 84.7 cm³/mol. The summed E-state index contributed by atoms with van der Waals surface area (Å²) in [6, 6.07) is 8.90. The van der Waals surface area contributed by atoms with Crippen LogP contribution in [-0.2, 0) is 12.8 Å². The van der Waals surface area contributed by atoms with Crippen molar-refractivity contribution in [3.63, 3.8) is 0 Å². The lowest BCUT2D eigenvalue weighted by atomic mass is 9.90. The SMILES string of the molecule is N#Cc1c(N)c([N+](=O)[O-])c(-c2ccc(Cl)cc2)c2c1CCC2. The van der Waals surface area contributed by atoms with Gasteiger partial charge in [-0.25, -0.2) is 0 Å². The molecular weight excluding hydrogens is 302 g/mol. The Labute approximate surface area is 132 Å². The molecule has 0 radical (unpaired) electrons. The quantitative estimate of drug-likeness (QED) is 0.517. The lowest BCUT2D eigenvalue weighted by molar-refractivity contribution is -0.383. The van der Waals surface area contributed by atoms with Gasteiger partial charge in [0.05, 0.1) is 16.1 Å². The van der Waals surface area contributed by atoms with Gasteiger partial charge in [-0.1, -0.05) is 23.7 Å². The summed E-state index contributed by atoms with van der Waals surface area (Å²) >= 11 is 5.90. The molecule has 2 aromatic rings. The van der Waals surface area contributed by atoms with E-state index in [1.807, 2.05) is 6.07 Å². The van der Waals surface area contributed by atoms with Crippen LogP contribution in [0.25, 0.3) is 11.1 Å². The molecule has 0 aromatic heterocycles. The van der Waals surface area contributed by atoms with Crippen molar-refractivity contribution < 1.29 is 4.92 Å². The third kappa shape index (κ3) is 2.09. The molecule has 2 N–H and O–H groups in total. The Bertz CT molecular complexity index is 823. The van der Waals surface area contributed by atoms with E-state index in [0.29, 0.717) is 22.6 Å². The van der Waals surface area contributed by atoms with Crippen molar-refractivity contribution in [2.75, 3.05) is 5.73 Å². The average Bonchev–Trinajstić information content (AvgIpc) is 2.95. The Morgan fingerprint density at radius 3 is 2.45 bits per heavy atom. The number of benzene rings is 2. The molecule has 0 saturated heterocycles. The number of nitro groups is 1. The highest BCUT2D eigenvalue weighted by atomic mass is 35.5. The molecule has 0 saturated carbocycles. The monoisotopic (exact) mass is 313 g/mol.